The van der Waals surface area contributed by atoms with Crippen molar-refractivity contribution in [1.29, 1.82) is 0 Å². The lowest BCUT2D eigenvalue weighted by atomic mass is 9.77. The molecule has 0 N–H and O–H groups in total. The third-order valence-electron chi connectivity index (χ3n) is 6.52. The van der Waals surface area contributed by atoms with E-state index >= 15 is 0 Å². The lowest BCUT2D eigenvalue weighted by Gasteiger charge is -2.29. The van der Waals surface area contributed by atoms with Crippen LogP contribution in [-0.4, -0.2) is 0 Å². The molecule has 0 bridgehead atoms. The molecule has 1 fully saturated rings. The maximum absolute atomic E-state index is 12.7. The Morgan fingerprint density at radius 3 is 2.10 bits per heavy atom. The number of halogens is 3. The van der Waals surface area contributed by atoms with Gasteiger partial charge in [0, 0.05) is 0 Å². The van der Waals surface area contributed by atoms with Crippen molar-refractivity contribution in [3.05, 3.63) is 70.8 Å². The Balaban J connectivity index is 1.58. The van der Waals surface area contributed by atoms with Crippen molar-refractivity contribution in [2.75, 3.05) is 0 Å². The first-order chi connectivity index (χ1) is 14.4. The van der Waals surface area contributed by atoms with Crippen molar-refractivity contribution < 1.29 is 13.2 Å². The van der Waals surface area contributed by atoms with E-state index < -0.39 is 11.7 Å². The van der Waals surface area contributed by atoms with Crippen molar-refractivity contribution in [2.45, 2.75) is 77.3 Å². The number of unbranched alkanes of at least 4 members (excludes halogenated alkanes) is 2. The van der Waals surface area contributed by atoms with Gasteiger partial charge in [0.1, 0.15) is 0 Å². The van der Waals surface area contributed by atoms with E-state index in [9.17, 15) is 13.2 Å². The van der Waals surface area contributed by atoms with Gasteiger partial charge in [0.15, 0.2) is 0 Å². The smallest absolute Gasteiger partial charge is 0.166 e. The summed E-state index contributed by atoms with van der Waals surface area (Å²) in [5, 5.41) is 0. The number of alkyl halides is 3. The van der Waals surface area contributed by atoms with Gasteiger partial charge in [-0.3, -0.25) is 0 Å². The van der Waals surface area contributed by atoms with Crippen LogP contribution in [0.5, 0.6) is 0 Å². The van der Waals surface area contributed by atoms with E-state index in [1.54, 1.807) is 12.1 Å². The summed E-state index contributed by atoms with van der Waals surface area (Å²) in [5.74, 6) is 1.59. The number of rotatable bonds is 7. The molecule has 1 aliphatic rings. The molecule has 0 heterocycles. The highest BCUT2D eigenvalue weighted by Gasteiger charge is 2.30. The highest BCUT2D eigenvalue weighted by Crippen LogP contribution is 2.38. The standard InChI is InChI=1S/C27H33F3/c1-3-4-5-6-21-7-11-24(12-8-21)25-13-9-22(10-14-25)19-20(2)23-15-17-26(18-16-23)27(28,29)30/h9-10,13-19,21,24H,3-8,11-12H2,1-2H3/b20-19+. The van der Waals surface area contributed by atoms with Crippen LogP contribution in [0.2, 0.25) is 0 Å². The fraction of sp³-hybridized carbons (Fsp3) is 0.481. The van der Waals surface area contributed by atoms with E-state index in [0.29, 0.717) is 5.92 Å². The summed E-state index contributed by atoms with van der Waals surface area (Å²) in [4.78, 5) is 0. The van der Waals surface area contributed by atoms with Gasteiger partial charge in [0.25, 0.3) is 0 Å². The van der Waals surface area contributed by atoms with Gasteiger partial charge in [-0.15, -0.1) is 0 Å². The highest BCUT2D eigenvalue weighted by atomic mass is 19.4. The molecular weight excluding hydrogens is 381 g/mol. The summed E-state index contributed by atoms with van der Waals surface area (Å²) >= 11 is 0. The molecule has 3 heteroatoms. The Morgan fingerprint density at radius 2 is 1.53 bits per heavy atom. The third-order valence-corrected chi connectivity index (χ3v) is 6.52. The Morgan fingerprint density at radius 1 is 0.900 bits per heavy atom. The Labute approximate surface area is 179 Å². The molecule has 0 nitrogen and oxygen atoms in total. The molecule has 162 valence electrons. The molecule has 0 aromatic heterocycles. The first kappa shape index (κ1) is 22.7. The zero-order valence-corrected chi connectivity index (χ0v) is 18.1. The van der Waals surface area contributed by atoms with Crippen LogP contribution in [0, 0.1) is 5.92 Å². The van der Waals surface area contributed by atoms with E-state index in [0.717, 1.165) is 34.8 Å². The maximum atomic E-state index is 12.7. The number of allylic oxidation sites excluding steroid dienone is 1. The van der Waals surface area contributed by atoms with E-state index in [-0.39, 0.29) is 0 Å². The van der Waals surface area contributed by atoms with Gasteiger partial charge in [-0.05, 0) is 78.8 Å². The Kier molecular flexibility index (Phi) is 7.80. The molecule has 0 atom stereocenters. The normalized spacial score (nSPS) is 20.4. The summed E-state index contributed by atoms with van der Waals surface area (Å²) in [6, 6.07) is 14.1. The quantitative estimate of drug-likeness (QED) is 0.313. The molecule has 2 aromatic carbocycles. The SMILES string of the molecule is CCCCCC1CCC(c2ccc(/C=C(\C)c3ccc(C(F)(F)F)cc3)cc2)CC1. The van der Waals surface area contributed by atoms with Gasteiger partial charge in [-0.2, -0.15) is 13.2 Å². The van der Waals surface area contributed by atoms with Gasteiger partial charge >= 0.3 is 6.18 Å². The molecule has 2 aromatic rings. The van der Waals surface area contributed by atoms with Gasteiger partial charge < -0.3 is 0 Å². The second-order valence-corrected chi connectivity index (χ2v) is 8.78. The molecule has 0 spiro atoms. The van der Waals surface area contributed by atoms with Gasteiger partial charge in [-0.1, -0.05) is 75.1 Å². The van der Waals surface area contributed by atoms with Crippen LogP contribution in [-0.2, 0) is 6.18 Å². The summed E-state index contributed by atoms with van der Waals surface area (Å²) in [7, 11) is 0. The predicted molar refractivity (Wildman–Crippen MR) is 120 cm³/mol. The molecule has 0 aliphatic heterocycles. The average molecular weight is 415 g/mol. The number of hydrogen-bond donors (Lipinski definition) is 0. The topological polar surface area (TPSA) is 0 Å². The summed E-state index contributed by atoms with van der Waals surface area (Å²) in [6.45, 7) is 4.21. The fourth-order valence-corrected chi connectivity index (χ4v) is 4.59. The fourth-order valence-electron chi connectivity index (χ4n) is 4.59. The molecule has 1 saturated carbocycles. The molecule has 0 amide bonds. The van der Waals surface area contributed by atoms with Crippen LogP contribution < -0.4 is 0 Å². The van der Waals surface area contributed by atoms with Crippen LogP contribution in [0.25, 0.3) is 11.6 Å². The van der Waals surface area contributed by atoms with Gasteiger partial charge in [0.2, 0.25) is 0 Å². The predicted octanol–water partition coefficient (Wildman–Crippen LogP) is 9.12. The highest BCUT2D eigenvalue weighted by molar-refractivity contribution is 5.80. The molecular formula is C27H33F3. The summed E-state index contributed by atoms with van der Waals surface area (Å²) in [5.41, 5.74) is 3.68. The monoisotopic (exact) mass is 414 g/mol. The zero-order chi connectivity index (χ0) is 21.6. The maximum Gasteiger partial charge on any atom is 0.416 e. The lowest BCUT2D eigenvalue weighted by molar-refractivity contribution is -0.137. The minimum absolute atomic E-state index is 0.608. The zero-order valence-electron chi connectivity index (χ0n) is 18.1. The van der Waals surface area contributed by atoms with Crippen LogP contribution >= 0.6 is 0 Å². The molecule has 30 heavy (non-hydrogen) atoms. The van der Waals surface area contributed by atoms with Gasteiger partial charge in [0.05, 0.1) is 5.56 Å². The molecule has 3 rings (SSSR count). The summed E-state index contributed by atoms with van der Waals surface area (Å²) < 4.78 is 38.2. The first-order valence-corrected chi connectivity index (χ1v) is 11.3. The molecule has 0 radical (unpaired) electrons. The Hall–Kier alpha value is -2.03. The first-order valence-electron chi connectivity index (χ1n) is 11.3. The van der Waals surface area contributed by atoms with Crippen molar-refractivity contribution in [3.63, 3.8) is 0 Å². The lowest BCUT2D eigenvalue weighted by Crippen LogP contribution is -2.13. The molecule has 0 unspecified atom stereocenters. The van der Waals surface area contributed by atoms with Gasteiger partial charge in [-0.25, -0.2) is 0 Å². The van der Waals surface area contributed by atoms with E-state index in [4.69, 9.17) is 0 Å². The minimum atomic E-state index is -4.29. The minimum Gasteiger partial charge on any atom is -0.166 e. The van der Waals surface area contributed by atoms with Crippen LogP contribution in [0.3, 0.4) is 0 Å². The summed E-state index contributed by atoms with van der Waals surface area (Å²) in [6.07, 6.45) is 8.46. The van der Waals surface area contributed by atoms with E-state index in [2.05, 4.69) is 31.2 Å². The van der Waals surface area contributed by atoms with E-state index in [1.165, 1.54) is 56.9 Å². The van der Waals surface area contributed by atoms with Crippen LogP contribution in [0.1, 0.15) is 93.4 Å². The third kappa shape index (κ3) is 6.23. The van der Waals surface area contributed by atoms with Crippen molar-refractivity contribution in [3.8, 4) is 0 Å². The van der Waals surface area contributed by atoms with Crippen molar-refractivity contribution >= 4 is 11.6 Å². The van der Waals surface area contributed by atoms with Crippen molar-refractivity contribution in [1.82, 2.24) is 0 Å². The van der Waals surface area contributed by atoms with Crippen LogP contribution in [0.15, 0.2) is 48.5 Å². The second-order valence-electron chi connectivity index (χ2n) is 8.78. The second kappa shape index (κ2) is 10.3. The number of benzene rings is 2. The largest absolute Gasteiger partial charge is 0.416 e. The molecule has 1 aliphatic carbocycles. The Bertz CT molecular complexity index is 805. The van der Waals surface area contributed by atoms with Crippen molar-refractivity contribution in [2.24, 2.45) is 5.92 Å². The number of hydrogen-bond acceptors (Lipinski definition) is 0. The van der Waals surface area contributed by atoms with Crippen LogP contribution in [0.4, 0.5) is 13.2 Å². The average Bonchev–Trinajstić information content (AvgIpc) is 2.74. The molecule has 0 saturated heterocycles. The van der Waals surface area contributed by atoms with E-state index in [1.807, 2.05) is 13.0 Å².